The predicted molar refractivity (Wildman–Crippen MR) is 110 cm³/mol. The summed E-state index contributed by atoms with van der Waals surface area (Å²) in [6, 6.07) is 16.3. The van der Waals surface area contributed by atoms with Crippen molar-refractivity contribution < 1.29 is 18.3 Å². The number of nitrogens with zero attached hydrogens (tertiary/aromatic N) is 3. The number of halogens is 2. The number of rotatable bonds is 7. The van der Waals surface area contributed by atoms with Crippen LogP contribution in [0.25, 0.3) is 0 Å². The largest absolute Gasteiger partial charge is 0.435 e. The summed E-state index contributed by atoms with van der Waals surface area (Å²) in [6.45, 7) is 0.225. The van der Waals surface area contributed by atoms with Gasteiger partial charge in [0.2, 0.25) is 5.91 Å². The minimum Gasteiger partial charge on any atom is -0.435 e. The average Bonchev–Trinajstić information content (AvgIpc) is 3.29. The van der Waals surface area contributed by atoms with Crippen molar-refractivity contribution in [3.63, 3.8) is 0 Å². The summed E-state index contributed by atoms with van der Waals surface area (Å²) in [5.74, 6) is 0.0940. The molecule has 0 saturated carbocycles. The van der Waals surface area contributed by atoms with Gasteiger partial charge in [-0.15, -0.1) is 0 Å². The Bertz CT molecular complexity index is 985. The molecule has 0 N–H and O–H groups in total. The molecule has 0 aliphatic carbocycles. The molecule has 1 amide bonds. The van der Waals surface area contributed by atoms with Gasteiger partial charge in [0.05, 0.1) is 18.2 Å². The van der Waals surface area contributed by atoms with Crippen molar-refractivity contribution in [3.8, 4) is 5.75 Å². The number of benzene rings is 2. The molecule has 4 rings (SSSR count). The molecule has 1 aliphatic heterocycles. The molecule has 1 unspecified atom stereocenters. The van der Waals surface area contributed by atoms with Crippen molar-refractivity contribution in [2.45, 2.75) is 43.9 Å². The molecule has 2 heterocycles. The number of carbonyl (C=O) groups excluding carboxylic acids is 1. The molecular weight excluding hydrogens is 408 g/mol. The van der Waals surface area contributed by atoms with E-state index in [0.29, 0.717) is 13.1 Å². The molecule has 1 aliphatic rings. The van der Waals surface area contributed by atoms with Gasteiger partial charge >= 0.3 is 6.61 Å². The maximum Gasteiger partial charge on any atom is 0.387 e. The maximum absolute atomic E-state index is 13.0. The highest BCUT2D eigenvalue weighted by Gasteiger charge is 2.31. The molecule has 2 aromatic carbocycles. The molecule has 0 spiro atoms. The van der Waals surface area contributed by atoms with E-state index in [2.05, 4.69) is 9.84 Å². The second kappa shape index (κ2) is 8.87. The zero-order valence-corrected chi connectivity index (χ0v) is 17.2. The Hall–Kier alpha value is -2.87. The summed E-state index contributed by atoms with van der Waals surface area (Å²) in [5.41, 5.74) is 2.95. The van der Waals surface area contributed by atoms with Crippen molar-refractivity contribution in [2.75, 3.05) is 0 Å². The van der Waals surface area contributed by atoms with Crippen molar-refractivity contribution in [1.82, 2.24) is 14.1 Å². The smallest absolute Gasteiger partial charge is 0.387 e. The van der Waals surface area contributed by atoms with Crippen molar-refractivity contribution in [3.05, 3.63) is 77.6 Å². The third-order valence-electron chi connectivity index (χ3n) is 5.03. The van der Waals surface area contributed by atoms with E-state index < -0.39 is 6.61 Å². The highest BCUT2D eigenvalue weighted by molar-refractivity contribution is 7.97. The second-order valence-corrected chi connectivity index (χ2v) is 8.04. The van der Waals surface area contributed by atoms with E-state index in [4.69, 9.17) is 0 Å². The van der Waals surface area contributed by atoms with E-state index in [1.54, 1.807) is 16.2 Å². The molecule has 1 aromatic heterocycles. The lowest BCUT2D eigenvalue weighted by atomic mass is 9.95. The van der Waals surface area contributed by atoms with Crippen LogP contribution in [0.5, 0.6) is 5.75 Å². The van der Waals surface area contributed by atoms with Gasteiger partial charge in [-0.2, -0.15) is 13.9 Å². The van der Waals surface area contributed by atoms with Crippen molar-refractivity contribution >= 4 is 17.9 Å². The zero-order chi connectivity index (χ0) is 21.1. The van der Waals surface area contributed by atoms with Crippen LogP contribution in [0, 0.1) is 0 Å². The maximum atomic E-state index is 13.0. The number of fused-ring (bicyclic) bond motifs is 1. The Labute approximate surface area is 177 Å². The van der Waals surface area contributed by atoms with Gasteiger partial charge in [-0.25, -0.2) is 4.09 Å². The first-order chi connectivity index (χ1) is 14.5. The van der Waals surface area contributed by atoms with Gasteiger partial charge < -0.3 is 9.64 Å². The van der Waals surface area contributed by atoms with Gasteiger partial charge in [-0.1, -0.05) is 37.3 Å². The Morgan fingerprint density at radius 3 is 2.50 bits per heavy atom. The van der Waals surface area contributed by atoms with Crippen LogP contribution in [0.4, 0.5) is 8.78 Å². The quantitative estimate of drug-likeness (QED) is 0.526. The number of hydrogen-bond acceptors (Lipinski definition) is 4. The van der Waals surface area contributed by atoms with Crippen LogP contribution in [0.3, 0.4) is 0 Å². The van der Waals surface area contributed by atoms with E-state index in [9.17, 15) is 13.6 Å². The van der Waals surface area contributed by atoms with Crippen molar-refractivity contribution in [2.24, 2.45) is 0 Å². The molecule has 8 heteroatoms. The zero-order valence-electron chi connectivity index (χ0n) is 16.4. The Morgan fingerprint density at radius 1 is 1.13 bits per heavy atom. The molecule has 0 fully saturated rings. The molecule has 0 radical (unpaired) electrons. The highest BCUT2D eigenvalue weighted by Crippen LogP contribution is 2.30. The fourth-order valence-corrected chi connectivity index (χ4v) is 4.37. The third-order valence-corrected chi connectivity index (χ3v) is 5.88. The second-order valence-electron chi connectivity index (χ2n) is 7.01. The van der Waals surface area contributed by atoms with E-state index in [0.717, 1.165) is 28.1 Å². The number of carbonyl (C=O) groups is 1. The summed E-state index contributed by atoms with van der Waals surface area (Å²) in [7, 11) is 0. The SMILES string of the molecule is CCC(C(=O)N1Cc2cn(Sc3ccc(OC(F)F)cc3)nc2C1)c1ccccc1. The number of aromatic nitrogens is 2. The predicted octanol–water partition coefficient (Wildman–Crippen LogP) is 5.08. The summed E-state index contributed by atoms with van der Waals surface area (Å²) >= 11 is 1.38. The van der Waals surface area contributed by atoms with E-state index in [-0.39, 0.29) is 17.6 Å². The molecule has 156 valence electrons. The number of ether oxygens (including phenoxy) is 1. The van der Waals surface area contributed by atoms with Gasteiger partial charge in [-0.3, -0.25) is 4.79 Å². The summed E-state index contributed by atoms with van der Waals surface area (Å²) < 4.78 is 30.6. The van der Waals surface area contributed by atoms with Gasteiger partial charge in [-0.05, 0) is 36.2 Å². The fraction of sp³-hybridized carbons (Fsp3) is 0.273. The molecular formula is C22H21F2N3O2S. The molecule has 5 nitrogen and oxygen atoms in total. The first-order valence-corrected chi connectivity index (χ1v) is 10.4. The molecule has 0 bridgehead atoms. The standard InChI is InChI=1S/C22H21F2N3O2S/c1-2-19(15-6-4-3-5-7-15)21(28)26-12-16-13-27(25-20(16)14-26)30-18-10-8-17(9-11-18)29-22(23)24/h3-11,13,19,22H,2,12,14H2,1H3. The summed E-state index contributed by atoms with van der Waals surface area (Å²) in [5, 5.41) is 4.58. The minimum absolute atomic E-state index is 0.121. The van der Waals surface area contributed by atoms with Crippen LogP contribution in [0.15, 0.2) is 65.7 Å². The third kappa shape index (κ3) is 4.48. The lowest BCUT2D eigenvalue weighted by molar-refractivity contribution is -0.133. The Morgan fingerprint density at radius 2 is 1.87 bits per heavy atom. The monoisotopic (exact) mass is 429 g/mol. The van der Waals surface area contributed by atoms with Crippen LogP contribution in [0.1, 0.15) is 36.1 Å². The Balaban J connectivity index is 1.39. The van der Waals surface area contributed by atoms with Gasteiger partial charge in [0.1, 0.15) is 5.75 Å². The molecule has 1 atom stereocenters. The van der Waals surface area contributed by atoms with Gasteiger partial charge in [0, 0.05) is 35.1 Å². The normalized spacial score (nSPS) is 14.1. The summed E-state index contributed by atoms with van der Waals surface area (Å²) in [6.07, 6.45) is 2.67. The van der Waals surface area contributed by atoms with E-state index in [1.165, 1.54) is 24.1 Å². The van der Waals surface area contributed by atoms with Gasteiger partial charge in [0.15, 0.2) is 0 Å². The van der Waals surface area contributed by atoms with Crippen LogP contribution in [-0.2, 0) is 17.9 Å². The average molecular weight is 429 g/mol. The van der Waals surface area contributed by atoms with Crippen LogP contribution in [0.2, 0.25) is 0 Å². The first kappa shape index (κ1) is 20.4. The molecule has 3 aromatic rings. The van der Waals surface area contributed by atoms with Gasteiger partial charge in [0.25, 0.3) is 0 Å². The number of alkyl halides is 2. The fourth-order valence-electron chi connectivity index (χ4n) is 3.58. The van der Waals surface area contributed by atoms with E-state index in [1.807, 2.05) is 48.4 Å². The Kier molecular flexibility index (Phi) is 6.03. The highest BCUT2D eigenvalue weighted by atomic mass is 32.2. The number of hydrogen-bond donors (Lipinski definition) is 0. The van der Waals surface area contributed by atoms with Crippen LogP contribution >= 0.6 is 11.9 Å². The number of amides is 1. The van der Waals surface area contributed by atoms with Crippen molar-refractivity contribution in [1.29, 1.82) is 0 Å². The molecule has 30 heavy (non-hydrogen) atoms. The molecule has 0 saturated heterocycles. The van der Waals surface area contributed by atoms with E-state index >= 15 is 0 Å². The summed E-state index contributed by atoms with van der Waals surface area (Å²) in [4.78, 5) is 15.7. The van der Waals surface area contributed by atoms with Crippen LogP contribution < -0.4 is 4.74 Å². The minimum atomic E-state index is -2.84. The topological polar surface area (TPSA) is 47.4 Å². The lowest BCUT2D eigenvalue weighted by Gasteiger charge is -2.22. The first-order valence-electron chi connectivity index (χ1n) is 9.68. The van der Waals surface area contributed by atoms with Crippen LogP contribution in [-0.4, -0.2) is 26.6 Å². The lowest BCUT2D eigenvalue weighted by Crippen LogP contribution is -2.31.